The summed E-state index contributed by atoms with van der Waals surface area (Å²) in [5.74, 6) is 0. The van der Waals surface area contributed by atoms with E-state index in [2.05, 4.69) is 21.1 Å². The SMILES string of the molecule is CC(C)(O)c1ccnc(S(=O)(=O)NC(=O)Nc2c3c(cc4c2CCC4)CCC3)c1. The highest BCUT2D eigenvalue weighted by Crippen LogP contribution is 2.38. The number of carbonyl (C=O) groups excluding carboxylic acids is 1. The number of amides is 2. The Bertz CT molecular complexity index is 1060. The van der Waals surface area contributed by atoms with Crippen LogP contribution < -0.4 is 10.0 Å². The molecular formula is C21H25N3O4S. The van der Waals surface area contributed by atoms with Crippen LogP contribution in [0.4, 0.5) is 10.5 Å². The van der Waals surface area contributed by atoms with E-state index in [9.17, 15) is 18.3 Å². The molecule has 2 aliphatic carbocycles. The number of aryl methyl sites for hydroxylation is 2. The van der Waals surface area contributed by atoms with Crippen molar-refractivity contribution in [3.05, 3.63) is 52.2 Å². The molecule has 0 radical (unpaired) electrons. The van der Waals surface area contributed by atoms with Gasteiger partial charge in [0.25, 0.3) is 10.0 Å². The maximum atomic E-state index is 12.7. The number of hydrogen-bond donors (Lipinski definition) is 3. The Labute approximate surface area is 170 Å². The summed E-state index contributed by atoms with van der Waals surface area (Å²) in [5.41, 5.74) is 4.71. The molecule has 4 rings (SSSR count). The molecule has 0 spiro atoms. The van der Waals surface area contributed by atoms with Crippen molar-refractivity contribution in [1.82, 2.24) is 9.71 Å². The Morgan fingerprint density at radius 2 is 1.69 bits per heavy atom. The third-order valence-corrected chi connectivity index (χ3v) is 6.88. The van der Waals surface area contributed by atoms with Gasteiger partial charge < -0.3 is 10.4 Å². The predicted molar refractivity (Wildman–Crippen MR) is 109 cm³/mol. The lowest BCUT2D eigenvalue weighted by Gasteiger charge is -2.18. The van der Waals surface area contributed by atoms with Crippen LogP contribution in [0.3, 0.4) is 0 Å². The minimum Gasteiger partial charge on any atom is -0.386 e. The van der Waals surface area contributed by atoms with Gasteiger partial charge in [-0.15, -0.1) is 0 Å². The number of urea groups is 1. The number of carbonyl (C=O) groups is 1. The molecule has 0 saturated carbocycles. The zero-order valence-electron chi connectivity index (χ0n) is 16.6. The largest absolute Gasteiger partial charge is 0.386 e. The molecule has 0 saturated heterocycles. The molecule has 8 heteroatoms. The van der Waals surface area contributed by atoms with Crippen molar-refractivity contribution in [2.45, 2.75) is 63.0 Å². The number of fused-ring (bicyclic) bond motifs is 2. The van der Waals surface area contributed by atoms with Crippen molar-refractivity contribution < 1.29 is 18.3 Å². The van der Waals surface area contributed by atoms with Crippen molar-refractivity contribution >= 4 is 21.7 Å². The monoisotopic (exact) mass is 415 g/mol. The molecule has 0 fully saturated rings. The van der Waals surface area contributed by atoms with Crippen LogP contribution in [0.1, 0.15) is 54.5 Å². The summed E-state index contributed by atoms with van der Waals surface area (Å²) in [5, 5.41) is 12.6. The fourth-order valence-electron chi connectivity index (χ4n) is 4.22. The molecule has 0 atom stereocenters. The molecule has 3 N–H and O–H groups in total. The number of nitrogens with one attached hydrogen (secondary N) is 2. The van der Waals surface area contributed by atoms with E-state index in [-0.39, 0.29) is 5.03 Å². The molecule has 0 unspecified atom stereocenters. The summed E-state index contributed by atoms with van der Waals surface area (Å²) in [4.78, 5) is 16.5. The van der Waals surface area contributed by atoms with Crippen LogP contribution in [0, 0.1) is 0 Å². The second kappa shape index (κ2) is 7.11. The highest BCUT2D eigenvalue weighted by atomic mass is 32.2. The van der Waals surface area contributed by atoms with Gasteiger partial charge in [-0.05, 0) is 92.3 Å². The Morgan fingerprint density at radius 1 is 1.07 bits per heavy atom. The van der Waals surface area contributed by atoms with Crippen molar-refractivity contribution in [2.75, 3.05) is 5.32 Å². The van der Waals surface area contributed by atoms with E-state index < -0.39 is 21.7 Å². The number of pyridine rings is 1. The van der Waals surface area contributed by atoms with Gasteiger partial charge in [-0.3, -0.25) is 0 Å². The van der Waals surface area contributed by atoms with Gasteiger partial charge in [-0.1, -0.05) is 6.07 Å². The van der Waals surface area contributed by atoms with Crippen molar-refractivity contribution in [3.8, 4) is 0 Å². The van der Waals surface area contributed by atoms with Crippen molar-refractivity contribution in [1.29, 1.82) is 0 Å². The highest BCUT2D eigenvalue weighted by molar-refractivity contribution is 7.90. The quantitative estimate of drug-likeness (QED) is 0.712. The zero-order chi connectivity index (χ0) is 20.8. The Morgan fingerprint density at radius 3 is 2.28 bits per heavy atom. The molecule has 0 aliphatic heterocycles. The average molecular weight is 416 g/mol. The van der Waals surface area contributed by atoms with Crippen LogP contribution in [-0.2, 0) is 41.3 Å². The zero-order valence-corrected chi connectivity index (χ0v) is 17.4. The van der Waals surface area contributed by atoms with Crippen molar-refractivity contribution in [2.24, 2.45) is 0 Å². The van der Waals surface area contributed by atoms with Gasteiger partial charge in [0.15, 0.2) is 5.03 Å². The number of aliphatic hydroxyl groups is 1. The normalized spacial score (nSPS) is 15.7. The Hall–Kier alpha value is -2.45. The number of hydrogen-bond acceptors (Lipinski definition) is 5. The van der Waals surface area contributed by atoms with E-state index in [0.29, 0.717) is 5.56 Å². The van der Waals surface area contributed by atoms with E-state index in [1.54, 1.807) is 13.8 Å². The lowest BCUT2D eigenvalue weighted by molar-refractivity contribution is 0.0782. The number of anilines is 1. The second-order valence-electron chi connectivity index (χ2n) is 8.24. The molecule has 29 heavy (non-hydrogen) atoms. The van der Waals surface area contributed by atoms with E-state index in [4.69, 9.17) is 0 Å². The summed E-state index contributed by atoms with van der Waals surface area (Å²) >= 11 is 0. The minimum absolute atomic E-state index is 0.309. The van der Waals surface area contributed by atoms with Crippen LogP contribution in [0.15, 0.2) is 29.4 Å². The van der Waals surface area contributed by atoms with E-state index >= 15 is 0 Å². The van der Waals surface area contributed by atoms with E-state index in [1.807, 2.05) is 0 Å². The molecule has 0 bridgehead atoms. The first kappa shape index (κ1) is 19.8. The smallest absolute Gasteiger partial charge is 0.333 e. The summed E-state index contributed by atoms with van der Waals surface area (Å²) in [7, 11) is -4.17. The van der Waals surface area contributed by atoms with E-state index in [1.165, 1.54) is 29.5 Å². The Kier molecular flexibility index (Phi) is 4.86. The lowest BCUT2D eigenvalue weighted by Crippen LogP contribution is -2.35. The molecule has 7 nitrogen and oxygen atoms in total. The second-order valence-corrected chi connectivity index (χ2v) is 9.86. The minimum atomic E-state index is -4.17. The van der Waals surface area contributed by atoms with Crippen LogP contribution in [0.2, 0.25) is 0 Å². The fraction of sp³-hybridized carbons (Fsp3) is 0.429. The predicted octanol–water partition coefficient (Wildman–Crippen LogP) is 2.80. The van der Waals surface area contributed by atoms with Crippen LogP contribution in [-0.4, -0.2) is 24.5 Å². The van der Waals surface area contributed by atoms with Gasteiger partial charge in [0.2, 0.25) is 0 Å². The summed E-state index contributed by atoms with van der Waals surface area (Å²) < 4.78 is 27.4. The molecule has 2 aromatic rings. The number of rotatable bonds is 4. The Balaban J connectivity index is 1.59. The molecule has 1 heterocycles. The first-order valence-electron chi connectivity index (χ1n) is 9.84. The first-order valence-corrected chi connectivity index (χ1v) is 11.3. The fourth-order valence-corrected chi connectivity index (χ4v) is 5.10. The standard InChI is InChI=1S/C21H25N3O4S/c1-21(2,26)15-9-10-22-18(12-15)29(27,28)24-20(25)23-19-16-7-3-5-13(16)11-14-6-4-8-17(14)19/h9-12,26H,3-8H2,1-2H3,(H2,23,24,25). The molecule has 1 aromatic carbocycles. The average Bonchev–Trinajstić information content (AvgIpc) is 3.29. The van der Waals surface area contributed by atoms with Crippen LogP contribution in [0.5, 0.6) is 0 Å². The molecular weight excluding hydrogens is 390 g/mol. The molecule has 1 aromatic heterocycles. The number of aromatic nitrogens is 1. The molecule has 2 amide bonds. The summed E-state index contributed by atoms with van der Waals surface area (Å²) in [6, 6.07) is 4.26. The number of sulfonamides is 1. The van der Waals surface area contributed by atoms with Gasteiger partial charge in [0, 0.05) is 11.9 Å². The topological polar surface area (TPSA) is 108 Å². The molecule has 154 valence electrons. The third kappa shape index (κ3) is 3.86. The van der Waals surface area contributed by atoms with Gasteiger partial charge in [0.1, 0.15) is 0 Å². The third-order valence-electron chi connectivity index (χ3n) is 5.66. The first-order chi connectivity index (χ1) is 13.6. The lowest BCUT2D eigenvalue weighted by atomic mass is 9.99. The van der Waals surface area contributed by atoms with Crippen molar-refractivity contribution in [3.63, 3.8) is 0 Å². The van der Waals surface area contributed by atoms with Gasteiger partial charge >= 0.3 is 6.03 Å². The summed E-state index contributed by atoms with van der Waals surface area (Å²) in [6.07, 6.45) is 7.15. The summed E-state index contributed by atoms with van der Waals surface area (Å²) in [6.45, 7) is 3.10. The van der Waals surface area contributed by atoms with Crippen LogP contribution in [0.25, 0.3) is 0 Å². The van der Waals surface area contributed by atoms with Gasteiger partial charge in [-0.25, -0.2) is 14.5 Å². The maximum absolute atomic E-state index is 12.7. The van der Waals surface area contributed by atoms with Gasteiger partial charge in [0.05, 0.1) is 5.60 Å². The van der Waals surface area contributed by atoms with Crippen LogP contribution >= 0.6 is 0 Å². The maximum Gasteiger partial charge on any atom is 0.333 e. The highest BCUT2D eigenvalue weighted by Gasteiger charge is 2.27. The molecule has 2 aliphatic rings. The number of nitrogens with zero attached hydrogens (tertiary/aromatic N) is 1. The number of benzene rings is 1. The van der Waals surface area contributed by atoms with Gasteiger partial charge in [-0.2, -0.15) is 8.42 Å². The van der Waals surface area contributed by atoms with E-state index in [0.717, 1.165) is 55.3 Å².